The molecule has 0 radical (unpaired) electrons. The minimum Gasteiger partial charge on any atom is -0.426 e. The molecule has 0 atom stereocenters. The predicted octanol–water partition coefficient (Wildman–Crippen LogP) is 8.09. The van der Waals surface area contributed by atoms with Crippen LogP contribution in [0.3, 0.4) is 0 Å². The Morgan fingerprint density at radius 2 is 1.44 bits per heavy atom. The number of benzene rings is 1. The third kappa shape index (κ3) is 9.93. The molecule has 0 unspecified atom stereocenters. The molecular weight excluding hydrogens is 396 g/mol. The van der Waals surface area contributed by atoms with Crippen LogP contribution in [0.25, 0.3) is 11.3 Å². The van der Waals surface area contributed by atoms with Gasteiger partial charge in [0.15, 0.2) is 0 Å². The summed E-state index contributed by atoms with van der Waals surface area (Å²) in [6.45, 7) is 4.47. The molecule has 1 heterocycles. The fourth-order valence-corrected chi connectivity index (χ4v) is 4.03. The average molecular weight is 439 g/mol. The van der Waals surface area contributed by atoms with Gasteiger partial charge >= 0.3 is 5.97 Å². The highest BCUT2D eigenvalue weighted by Crippen LogP contribution is 2.31. The maximum Gasteiger partial charge on any atom is 0.311 e. The number of aryl methyl sites for hydroxylation is 1. The van der Waals surface area contributed by atoms with Gasteiger partial charge < -0.3 is 4.74 Å². The van der Waals surface area contributed by atoms with Gasteiger partial charge in [-0.25, -0.2) is 9.97 Å². The van der Waals surface area contributed by atoms with E-state index in [0.717, 1.165) is 42.5 Å². The van der Waals surface area contributed by atoms with Crippen molar-refractivity contribution in [2.45, 2.75) is 110 Å². The van der Waals surface area contributed by atoms with E-state index < -0.39 is 0 Å². The predicted molar refractivity (Wildman–Crippen MR) is 133 cm³/mol. The van der Waals surface area contributed by atoms with Crippen molar-refractivity contribution in [1.82, 2.24) is 9.97 Å². The second kappa shape index (κ2) is 16.4. The minimum absolute atomic E-state index is 0.157. The zero-order chi connectivity index (χ0) is 22.9. The summed E-state index contributed by atoms with van der Waals surface area (Å²) in [5.74, 6) is 0.443. The molecule has 0 aliphatic heterocycles. The van der Waals surface area contributed by atoms with Crippen LogP contribution < -0.4 is 4.74 Å². The molecule has 176 valence electrons. The van der Waals surface area contributed by atoms with E-state index in [-0.39, 0.29) is 5.97 Å². The number of hydrogen-bond donors (Lipinski definition) is 0. The number of hydrogen-bond acceptors (Lipinski definition) is 4. The van der Waals surface area contributed by atoms with Crippen molar-refractivity contribution in [2.75, 3.05) is 0 Å². The Morgan fingerprint density at radius 3 is 2.16 bits per heavy atom. The molecule has 0 N–H and O–H groups in total. The van der Waals surface area contributed by atoms with Crippen LogP contribution in [-0.4, -0.2) is 15.9 Å². The lowest BCUT2D eigenvalue weighted by Gasteiger charge is -2.13. The lowest BCUT2D eigenvalue weighted by molar-refractivity contribution is -0.134. The van der Waals surface area contributed by atoms with Gasteiger partial charge in [0.1, 0.15) is 12.1 Å². The van der Waals surface area contributed by atoms with Crippen LogP contribution in [0, 0.1) is 0 Å². The first-order chi connectivity index (χ1) is 15.8. The fourth-order valence-electron chi connectivity index (χ4n) is 4.03. The minimum atomic E-state index is -0.157. The van der Waals surface area contributed by atoms with Crippen molar-refractivity contribution in [3.8, 4) is 17.0 Å². The Bertz CT molecular complexity index is 776. The van der Waals surface area contributed by atoms with Crippen molar-refractivity contribution < 1.29 is 9.53 Å². The molecule has 4 nitrogen and oxygen atoms in total. The fraction of sp³-hybridized carbons (Fsp3) is 0.607. The zero-order valence-electron chi connectivity index (χ0n) is 20.3. The molecule has 1 aromatic carbocycles. The van der Waals surface area contributed by atoms with Gasteiger partial charge in [-0.15, -0.1) is 0 Å². The Hall–Kier alpha value is -2.23. The van der Waals surface area contributed by atoms with Crippen LogP contribution in [0.5, 0.6) is 5.75 Å². The number of esters is 1. The third-order valence-corrected chi connectivity index (χ3v) is 5.94. The van der Waals surface area contributed by atoms with Crippen LogP contribution >= 0.6 is 0 Å². The van der Waals surface area contributed by atoms with Gasteiger partial charge in [-0.05, 0) is 37.0 Å². The number of aromatic nitrogens is 2. The average Bonchev–Trinajstić information content (AvgIpc) is 2.81. The maximum absolute atomic E-state index is 12.4. The van der Waals surface area contributed by atoms with E-state index >= 15 is 0 Å². The molecule has 0 aliphatic carbocycles. The van der Waals surface area contributed by atoms with E-state index in [4.69, 9.17) is 4.74 Å². The number of ether oxygens (including phenoxy) is 1. The van der Waals surface area contributed by atoms with E-state index in [1.54, 1.807) is 6.33 Å². The van der Waals surface area contributed by atoms with E-state index in [2.05, 4.69) is 23.8 Å². The third-order valence-electron chi connectivity index (χ3n) is 5.94. The van der Waals surface area contributed by atoms with Crippen molar-refractivity contribution >= 4 is 5.97 Å². The molecular formula is C28H42N2O2. The highest BCUT2D eigenvalue weighted by atomic mass is 16.5. The summed E-state index contributed by atoms with van der Waals surface area (Å²) in [5, 5.41) is 0. The molecule has 1 aromatic heterocycles. The van der Waals surface area contributed by atoms with Crippen LogP contribution in [0.4, 0.5) is 0 Å². The Balaban J connectivity index is 1.91. The number of carbonyl (C=O) groups excluding carboxylic acids is 1. The highest BCUT2D eigenvalue weighted by Gasteiger charge is 2.14. The maximum atomic E-state index is 12.4. The van der Waals surface area contributed by atoms with Crippen LogP contribution in [-0.2, 0) is 11.2 Å². The van der Waals surface area contributed by atoms with Crippen LogP contribution in [0.15, 0.2) is 36.8 Å². The molecule has 32 heavy (non-hydrogen) atoms. The van der Waals surface area contributed by atoms with E-state index in [0.29, 0.717) is 12.2 Å². The summed E-state index contributed by atoms with van der Waals surface area (Å²) in [6, 6.07) is 7.74. The summed E-state index contributed by atoms with van der Waals surface area (Å²) in [5.41, 5.74) is 2.89. The zero-order valence-corrected chi connectivity index (χ0v) is 20.3. The van der Waals surface area contributed by atoms with Crippen LogP contribution in [0.2, 0.25) is 0 Å². The second-order valence-electron chi connectivity index (χ2n) is 8.76. The quantitative estimate of drug-likeness (QED) is 0.142. The number of para-hydroxylation sites is 1. The second-order valence-corrected chi connectivity index (χ2v) is 8.76. The molecule has 2 rings (SSSR count). The summed E-state index contributed by atoms with van der Waals surface area (Å²) < 4.78 is 5.76. The van der Waals surface area contributed by atoms with E-state index in [9.17, 15) is 4.79 Å². The topological polar surface area (TPSA) is 52.1 Å². The number of nitrogens with zero attached hydrogens (tertiary/aromatic N) is 2. The van der Waals surface area contributed by atoms with Crippen LogP contribution in [0.1, 0.15) is 109 Å². The van der Waals surface area contributed by atoms with Crippen molar-refractivity contribution in [2.24, 2.45) is 0 Å². The normalized spacial score (nSPS) is 10.9. The van der Waals surface area contributed by atoms with E-state index in [1.165, 1.54) is 64.2 Å². The monoisotopic (exact) mass is 438 g/mol. The summed E-state index contributed by atoms with van der Waals surface area (Å²) in [7, 11) is 0. The number of carbonyl (C=O) groups is 1. The molecule has 0 fully saturated rings. The molecule has 0 saturated heterocycles. The Kier molecular flexibility index (Phi) is 13.3. The lowest BCUT2D eigenvalue weighted by Crippen LogP contribution is -2.09. The van der Waals surface area contributed by atoms with E-state index in [1.807, 2.05) is 30.5 Å². The first-order valence-electron chi connectivity index (χ1n) is 12.8. The first-order valence-corrected chi connectivity index (χ1v) is 12.8. The number of unbranched alkanes of at least 4 members (excludes halogenated alkanes) is 11. The van der Waals surface area contributed by atoms with Crippen molar-refractivity contribution in [3.63, 3.8) is 0 Å². The van der Waals surface area contributed by atoms with Gasteiger partial charge in [-0.3, -0.25) is 4.79 Å². The van der Waals surface area contributed by atoms with Gasteiger partial charge in [0.25, 0.3) is 0 Å². The summed E-state index contributed by atoms with van der Waals surface area (Å²) in [4.78, 5) is 21.2. The molecule has 2 aromatic rings. The SMILES string of the molecule is CCCCCCCCCc1cncnc1-c1ccccc1OC(=O)CCCCCCCC. The number of rotatable bonds is 17. The molecule has 0 spiro atoms. The first kappa shape index (κ1) is 26.0. The summed E-state index contributed by atoms with van der Waals surface area (Å²) >= 11 is 0. The standard InChI is InChI=1S/C28H42N2O2/c1-3-5-7-9-11-12-14-18-24-22-29-23-30-28(24)25-19-16-17-20-26(25)32-27(31)21-15-13-10-8-6-4-2/h16-17,19-20,22-23H,3-15,18,21H2,1-2H3. The van der Waals surface area contributed by atoms with Gasteiger partial charge in [0.2, 0.25) is 0 Å². The molecule has 0 saturated carbocycles. The Morgan fingerprint density at radius 1 is 0.812 bits per heavy atom. The molecule has 0 amide bonds. The van der Waals surface area contributed by atoms with Crippen molar-refractivity contribution in [1.29, 1.82) is 0 Å². The van der Waals surface area contributed by atoms with Gasteiger partial charge in [0.05, 0.1) is 5.69 Å². The largest absolute Gasteiger partial charge is 0.426 e. The molecule has 4 heteroatoms. The van der Waals surface area contributed by atoms with Gasteiger partial charge in [-0.2, -0.15) is 0 Å². The Labute approximate surface area is 195 Å². The molecule has 0 aliphatic rings. The molecule has 0 bridgehead atoms. The van der Waals surface area contributed by atoms with Gasteiger partial charge in [-0.1, -0.05) is 96.6 Å². The summed E-state index contributed by atoms with van der Waals surface area (Å²) in [6.07, 6.45) is 20.8. The van der Waals surface area contributed by atoms with Gasteiger partial charge in [0, 0.05) is 18.2 Å². The highest BCUT2D eigenvalue weighted by molar-refractivity contribution is 5.77. The smallest absolute Gasteiger partial charge is 0.311 e. The van der Waals surface area contributed by atoms with Crippen molar-refractivity contribution in [3.05, 3.63) is 42.4 Å². The lowest BCUT2D eigenvalue weighted by atomic mass is 10.0.